The van der Waals surface area contributed by atoms with E-state index in [1.165, 1.54) is 12.2 Å². The van der Waals surface area contributed by atoms with E-state index in [1.807, 2.05) is 18.2 Å². The standard InChI is InChI=1S/C21H26N4O3/c1-5-9-16(21(27)28)13-12-14(2)15(3)24-18(19(22)23-4)20(26)25-17-10-7-6-8-11-17/h5,7,10-13H,1,4,6,8-9,22H2,2-3H3,(H,25,26)(H,27,28)/b14-12+,16-13+,19-18-,24-15+. The average Bonchev–Trinajstić information content (AvgIpc) is 2.68. The third-order valence-corrected chi connectivity index (χ3v) is 3.90. The van der Waals surface area contributed by atoms with E-state index in [9.17, 15) is 9.59 Å². The highest BCUT2D eigenvalue weighted by Gasteiger charge is 2.15. The molecule has 1 aliphatic carbocycles. The normalized spacial score (nSPS) is 16.1. The Balaban J connectivity index is 3.13. The molecule has 0 saturated carbocycles. The van der Waals surface area contributed by atoms with Gasteiger partial charge < -0.3 is 16.2 Å². The van der Waals surface area contributed by atoms with Crippen molar-refractivity contribution in [3.63, 3.8) is 0 Å². The summed E-state index contributed by atoms with van der Waals surface area (Å²) >= 11 is 0. The minimum Gasteiger partial charge on any atom is -0.478 e. The molecule has 0 unspecified atom stereocenters. The fourth-order valence-corrected chi connectivity index (χ4v) is 2.18. The molecule has 0 fully saturated rings. The number of hydrogen-bond acceptors (Lipinski definition) is 5. The lowest BCUT2D eigenvalue weighted by molar-refractivity contribution is -0.132. The number of carboxylic acid groups (broad SMARTS) is 1. The van der Waals surface area contributed by atoms with Crippen molar-refractivity contribution in [1.82, 2.24) is 5.32 Å². The van der Waals surface area contributed by atoms with Gasteiger partial charge in [-0.3, -0.25) is 4.79 Å². The maximum absolute atomic E-state index is 12.6. The lowest BCUT2D eigenvalue weighted by Gasteiger charge is -2.11. The number of aliphatic imine (C=N–C) groups is 2. The van der Waals surface area contributed by atoms with E-state index < -0.39 is 11.9 Å². The topological polar surface area (TPSA) is 117 Å². The van der Waals surface area contributed by atoms with Crippen molar-refractivity contribution in [1.29, 1.82) is 0 Å². The number of amides is 1. The van der Waals surface area contributed by atoms with Crippen molar-refractivity contribution in [2.45, 2.75) is 33.1 Å². The molecule has 0 bridgehead atoms. The summed E-state index contributed by atoms with van der Waals surface area (Å²) in [5.41, 5.74) is 7.76. The number of hydrogen-bond donors (Lipinski definition) is 3. The van der Waals surface area contributed by atoms with E-state index in [2.05, 4.69) is 28.6 Å². The smallest absolute Gasteiger partial charge is 0.331 e. The number of aliphatic carboxylic acids is 1. The molecule has 28 heavy (non-hydrogen) atoms. The minimum atomic E-state index is -1.02. The Bertz CT molecular complexity index is 840. The zero-order valence-electron chi connectivity index (χ0n) is 16.2. The summed E-state index contributed by atoms with van der Waals surface area (Å²) in [5, 5.41) is 11.9. The van der Waals surface area contributed by atoms with Gasteiger partial charge >= 0.3 is 5.97 Å². The van der Waals surface area contributed by atoms with Crippen LogP contribution in [-0.4, -0.2) is 29.4 Å². The molecule has 1 aliphatic rings. The molecular formula is C21H26N4O3. The number of nitrogens with zero attached hydrogens (tertiary/aromatic N) is 2. The van der Waals surface area contributed by atoms with Gasteiger partial charge in [-0.25, -0.2) is 14.8 Å². The molecule has 0 atom stereocenters. The second-order valence-corrected chi connectivity index (χ2v) is 6.02. The van der Waals surface area contributed by atoms with Crippen LogP contribution in [0.15, 0.2) is 81.4 Å². The van der Waals surface area contributed by atoms with Crippen LogP contribution in [0.4, 0.5) is 0 Å². The molecule has 0 aromatic rings. The molecule has 1 rings (SSSR count). The summed E-state index contributed by atoms with van der Waals surface area (Å²) in [4.78, 5) is 31.7. The zero-order valence-corrected chi connectivity index (χ0v) is 16.2. The van der Waals surface area contributed by atoms with Gasteiger partial charge in [-0.05, 0) is 51.5 Å². The summed E-state index contributed by atoms with van der Waals surface area (Å²) in [7, 11) is 0. The number of carboxylic acids is 1. The van der Waals surface area contributed by atoms with Gasteiger partial charge in [0.2, 0.25) is 0 Å². The van der Waals surface area contributed by atoms with Gasteiger partial charge in [0.1, 0.15) is 0 Å². The third kappa shape index (κ3) is 7.03. The van der Waals surface area contributed by atoms with Crippen molar-refractivity contribution in [2.24, 2.45) is 15.7 Å². The second-order valence-electron chi connectivity index (χ2n) is 6.02. The highest BCUT2D eigenvalue weighted by Crippen LogP contribution is 2.12. The van der Waals surface area contributed by atoms with Crippen LogP contribution in [0.2, 0.25) is 0 Å². The predicted molar refractivity (Wildman–Crippen MR) is 113 cm³/mol. The Morgan fingerprint density at radius 2 is 2.04 bits per heavy atom. The van der Waals surface area contributed by atoms with Crippen LogP contribution in [0, 0.1) is 0 Å². The van der Waals surface area contributed by atoms with E-state index in [-0.39, 0.29) is 23.5 Å². The fourth-order valence-electron chi connectivity index (χ4n) is 2.18. The molecule has 0 radical (unpaired) electrons. The van der Waals surface area contributed by atoms with Crippen LogP contribution >= 0.6 is 0 Å². The largest absolute Gasteiger partial charge is 0.478 e. The van der Waals surface area contributed by atoms with E-state index >= 15 is 0 Å². The Morgan fingerprint density at radius 1 is 1.32 bits per heavy atom. The van der Waals surface area contributed by atoms with Crippen LogP contribution in [0.3, 0.4) is 0 Å². The van der Waals surface area contributed by atoms with Gasteiger partial charge in [0.15, 0.2) is 11.5 Å². The van der Waals surface area contributed by atoms with Crippen molar-refractivity contribution in [2.75, 3.05) is 0 Å². The second kappa shape index (κ2) is 11.3. The molecule has 0 spiro atoms. The highest BCUT2D eigenvalue weighted by atomic mass is 16.4. The van der Waals surface area contributed by atoms with Gasteiger partial charge in [-0.1, -0.05) is 30.4 Å². The maximum Gasteiger partial charge on any atom is 0.331 e. The molecular weight excluding hydrogens is 356 g/mol. The molecule has 1 amide bonds. The first-order valence-corrected chi connectivity index (χ1v) is 8.72. The first-order valence-electron chi connectivity index (χ1n) is 8.72. The summed E-state index contributed by atoms with van der Waals surface area (Å²) in [5.74, 6) is -1.62. The highest BCUT2D eigenvalue weighted by molar-refractivity contribution is 6.04. The lowest BCUT2D eigenvalue weighted by atomic mass is 10.1. The lowest BCUT2D eigenvalue weighted by Crippen LogP contribution is -2.26. The molecule has 0 aliphatic heterocycles. The number of nitrogens with one attached hydrogen (secondary N) is 1. The first kappa shape index (κ1) is 22.6. The molecule has 0 heterocycles. The number of rotatable bonds is 9. The Morgan fingerprint density at radius 3 is 2.57 bits per heavy atom. The summed E-state index contributed by atoms with van der Waals surface area (Å²) in [6.07, 6.45) is 12.3. The van der Waals surface area contributed by atoms with Gasteiger partial charge in [-0.2, -0.15) is 0 Å². The van der Waals surface area contributed by atoms with Crippen LogP contribution in [0.5, 0.6) is 0 Å². The average molecular weight is 382 g/mol. The molecule has 0 aromatic heterocycles. The van der Waals surface area contributed by atoms with Crippen molar-refractivity contribution in [3.05, 3.63) is 71.4 Å². The van der Waals surface area contributed by atoms with Crippen LogP contribution in [0.1, 0.15) is 33.1 Å². The molecule has 148 valence electrons. The van der Waals surface area contributed by atoms with Crippen molar-refractivity contribution in [3.8, 4) is 0 Å². The Kier molecular flexibility index (Phi) is 9.09. The fraction of sp³-hybridized carbons (Fsp3) is 0.238. The molecule has 0 saturated heterocycles. The molecule has 7 nitrogen and oxygen atoms in total. The first-order chi connectivity index (χ1) is 13.3. The van der Waals surface area contributed by atoms with Gasteiger partial charge in [0.05, 0.1) is 0 Å². The van der Waals surface area contributed by atoms with Crippen LogP contribution in [0.25, 0.3) is 0 Å². The van der Waals surface area contributed by atoms with Gasteiger partial charge in [0, 0.05) is 17.0 Å². The SMILES string of the molecule is C=CC\C(=C/C=C(C)/C(C)=N/C(C(=O)NC1=CCCC=C1)=C(/N)N=C)C(=O)O. The molecule has 0 aromatic carbocycles. The van der Waals surface area contributed by atoms with E-state index in [0.717, 1.165) is 12.8 Å². The maximum atomic E-state index is 12.6. The summed E-state index contributed by atoms with van der Waals surface area (Å²) in [6.45, 7) is 10.3. The van der Waals surface area contributed by atoms with Crippen LogP contribution in [-0.2, 0) is 9.59 Å². The Labute approximate surface area is 165 Å². The molecule has 7 heteroatoms. The van der Waals surface area contributed by atoms with Crippen LogP contribution < -0.4 is 11.1 Å². The number of carbonyl (C=O) groups excluding carboxylic acids is 1. The summed E-state index contributed by atoms with van der Waals surface area (Å²) < 4.78 is 0. The minimum absolute atomic E-state index is 0.0614. The quantitative estimate of drug-likeness (QED) is 0.246. The zero-order chi connectivity index (χ0) is 21.1. The van der Waals surface area contributed by atoms with E-state index in [4.69, 9.17) is 10.8 Å². The van der Waals surface area contributed by atoms with E-state index in [0.29, 0.717) is 17.0 Å². The van der Waals surface area contributed by atoms with E-state index in [1.54, 1.807) is 19.9 Å². The number of carbonyl (C=O) groups is 2. The van der Waals surface area contributed by atoms with Gasteiger partial charge in [-0.15, -0.1) is 6.58 Å². The summed E-state index contributed by atoms with van der Waals surface area (Å²) in [6, 6.07) is 0. The monoisotopic (exact) mass is 382 g/mol. The van der Waals surface area contributed by atoms with Gasteiger partial charge in [0.25, 0.3) is 5.91 Å². The number of nitrogens with two attached hydrogens (primary N) is 1. The third-order valence-electron chi connectivity index (χ3n) is 3.90. The number of allylic oxidation sites excluding steroid dienone is 7. The van der Waals surface area contributed by atoms with Crippen molar-refractivity contribution >= 4 is 24.3 Å². The Hall–Kier alpha value is -3.48. The van der Waals surface area contributed by atoms with Crippen molar-refractivity contribution < 1.29 is 14.7 Å². The predicted octanol–water partition coefficient (Wildman–Crippen LogP) is 3.16. The molecule has 4 N–H and O–H groups in total.